The van der Waals surface area contributed by atoms with Gasteiger partial charge in [0.25, 0.3) is 0 Å². The first-order valence-electron chi connectivity index (χ1n) is 3.35. The first-order valence-corrected chi connectivity index (χ1v) is 3.35. The second-order valence-corrected chi connectivity index (χ2v) is 2.07. The maximum absolute atomic E-state index is 8.65. The van der Waals surface area contributed by atoms with Crippen LogP contribution in [0.25, 0.3) is 0 Å². The second kappa shape index (κ2) is 5.56. The van der Waals surface area contributed by atoms with Crippen LogP contribution in [0.15, 0.2) is 36.8 Å². The van der Waals surface area contributed by atoms with E-state index in [9.17, 15) is 0 Å². The molecule has 0 aromatic carbocycles. The average Bonchev–Trinajstić information content (AvgIpc) is 1.97. The Balaban J connectivity index is 3.60. The molecule has 62 valence electrons. The Labute approximate surface area is 66.9 Å². The number of nitrogens with two attached hydrogens (primary N) is 1. The number of hydrogen-bond donors (Lipinski definition) is 3. The molecule has 11 heavy (non-hydrogen) atoms. The number of aliphatic hydroxyl groups excluding tert-OH is 1. The van der Waals surface area contributed by atoms with E-state index in [0.717, 1.165) is 0 Å². The minimum atomic E-state index is 0.0145. The van der Waals surface area contributed by atoms with Crippen molar-refractivity contribution in [3.05, 3.63) is 36.8 Å². The van der Waals surface area contributed by atoms with Crippen LogP contribution in [-0.4, -0.2) is 18.2 Å². The number of nitrogens with one attached hydrogen (secondary N) is 1. The lowest BCUT2D eigenvalue weighted by Crippen LogP contribution is -2.20. The van der Waals surface area contributed by atoms with Crippen LogP contribution < -0.4 is 11.1 Å². The van der Waals surface area contributed by atoms with Gasteiger partial charge in [-0.25, -0.2) is 0 Å². The summed E-state index contributed by atoms with van der Waals surface area (Å²) < 4.78 is 0. The molecular weight excluding hydrogens is 140 g/mol. The summed E-state index contributed by atoms with van der Waals surface area (Å²) in [4.78, 5) is 0. The minimum absolute atomic E-state index is 0.0145. The van der Waals surface area contributed by atoms with Gasteiger partial charge in [0.05, 0.1) is 0 Å². The normalized spacial score (nSPS) is 9.91. The fraction of sp³-hybridized carbons (Fsp3) is 0.250. The van der Waals surface area contributed by atoms with Crippen molar-refractivity contribution < 1.29 is 5.11 Å². The first kappa shape index (κ1) is 9.78. The Morgan fingerprint density at radius 1 is 1.45 bits per heavy atom. The Morgan fingerprint density at radius 2 is 2.09 bits per heavy atom. The van der Waals surface area contributed by atoms with E-state index in [2.05, 4.69) is 18.5 Å². The van der Waals surface area contributed by atoms with E-state index in [-0.39, 0.29) is 5.76 Å². The van der Waals surface area contributed by atoms with Crippen LogP contribution in [-0.2, 0) is 0 Å². The van der Waals surface area contributed by atoms with Gasteiger partial charge in [-0.15, -0.1) is 0 Å². The van der Waals surface area contributed by atoms with E-state index in [1.165, 1.54) is 6.08 Å². The number of hydrogen-bond acceptors (Lipinski definition) is 3. The molecule has 0 fully saturated rings. The van der Waals surface area contributed by atoms with Gasteiger partial charge >= 0.3 is 0 Å². The fourth-order valence-electron chi connectivity index (χ4n) is 0.488. The summed E-state index contributed by atoms with van der Waals surface area (Å²) in [7, 11) is 0. The zero-order valence-corrected chi connectivity index (χ0v) is 6.51. The van der Waals surface area contributed by atoms with Gasteiger partial charge in [-0.05, 0) is 12.2 Å². The molecule has 0 atom stereocenters. The fourth-order valence-corrected chi connectivity index (χ4v) is 0.488. The Bertz CT molecular complexity index is 173. The van der Waals surface area contributed by atoms with E-state index in [4.69, 9.17) is 10.8 Å². The molecule has 0 amide bonds. The Hall–Kier alpha value is -1.22. The predicted octanol–water partition coefficient (Wildman–Crippen LogP) is 0.676. The summed E-state index contributed by atoms with van der Waals surface area (Å²) in [5.41, 5.74) is 5.95. The van der Waals surface area contributed by atoms with Gasteiger partial charge in [-0.2, -0.15) is 0 Å². The van der Waals surface area contributed by atoms with Crippen molar-refractivity contribution in [1.82, 2.24) is 5.32 Å². The lowest BCUT2D eigenvalue weighted by Gasteiger charge is -2.01. The molecule has 0 aliphatic rings. The topological polar surface area (TPSA) is 58.3 Å². The van der Waals surface area contributed by atoms with Crippen molar-refractivity contribution in [3.8, 4) is 0 Å². The quantitative estimate of drug-likeness (QED) is 0.403. The number of rotatable bonds is 5. The number of aliphatic hydroxyl groups is 1. The van der Waals surface area contributed by atoms with Gasteiger partial charge in [0.2, 0.25) is 0 Å². The zero-order valence-electron chi connectivity index (χ0n) is 6.51. The largest absolute Gasteiger partial charge is 0.509 e. The predicted molar refractivity (Wildman–Crippen MR) is 47.1 cm³/mol. The van der Waals surface area contributed by atoms with E-state index in [1.54, 1.807) is 6.08 Å². The first-order chi connectivity index (χ1) is 5.16. The van der Waals surface area contributed by atoms with Gasteiger partial charge in [0.15, 0.2) is 0 Å². The maximum atomic E-state index is 8.65. The zero-order chi connectivity index (χ0) is 8.69. The van der Waals surface area contributed by atoms with Gasteiger partial charge in [0.1, 0.15) is 5.76 Å². The molecule has 0 rings (SSSR count). The van der Waals surface area contributed by atoms with Crippen LogP contribution in [0.5, 0.6) is 0 Å². The molecule has 3 nitrogen and oxygen atoms in total. The van der Waals surface area contributed by atoms with Crippen LogP contribution in [0, 0.1) is 0 Å². The van der Waals surface area contributed by atoms with Gasteiger partial charge in [0, 0.05) is 18.8 Å². The highest BCUT2D eigenvalue weighted by molar-refractivity contribution is 5.18. The maximum Gasteiger partial charge on any atom is 0.108 e. The van der Waals surface area contributed by atoms with Crippen molar-refractivity contribution in [2.75, 3.05) is 13.1 Å². The minimum Gasteiger partial charge on any atom is -0.509 e. The summed E-state index contributed by atoms with van der Waals surface area (Å²) in [5, 5.41) is 11.6. The molecule has 0 unspecified atom stereocenters. The van der Waals surface area contributed by atoms with Crippen LogP contribution >= 0.6 is 0 Å². The summed E-state index contributed by atoms with van der Waals surface area (Å²) in [5.74, 6) is 0.0145. The molecule has 0 saturated carbocycles. The lowest BCUT2D eigenvalue weighted by atomic mass is 10.4. The molecule has 0 heterocycles. The van der Waals surface area contributed by atoms with Gasteiger partial charge in [-0.3, -0.25) is 0 Å². The van der Waals surface area contributed by atoms with Crippen LogP contribution in [0.4, 0.5) is 0 Å². The van der Waals surface area contributed by atoms with Crippen molar-refractivity contribution in [2.24, 2.45) is 5.73 Å². The highest BCUT2D eigenvalue weighted by Crippen LogP contribution is 1.90. The molecule has 4 N–H and O–H groups in total. The molecule has 0 spiro atoms. The standard InChI is InChI=1S/C8H14N2O/c1-7(10-6-5-9)3-4-8(2)11/h3-4,10-11H,1-2,5-6,9H2/b4-3-. The highest BCUT2D eigenvalue weighted by Gasteiger charge is 1.84. The van der Waals surface area contributed by atoms with Crippen LogP contribution in [0.2, 0.25) is 0 Å². The van der Waals surface area contributed by atoms with Crippen LogP contribution in [0.3, 0.4) is 0 Å². The van der Waals surface area contributed by atoms with Crippen molar-refractivity contribution >= 4 is 0 Å². The van der Waals surface area contributed by atoms with E-state index < -0.39 is 0 Å². The third-order valence-electron chi connectivity index (χ3n) is 0.973. The molecule has 0 aromatic rings. The highest BCUT2D eigenvalue weighted by atomic mass is 16.3. The monoisotopic (exact) mass is 154 g/mol. The smallest absolute Gasteiger partial charge is 0.108 e. The molecule has 0 aromatic heterocycles. The molecule has 0 radical (unpaired) electrons. The van der Waals surface area contributed by atoms with E-state index >= 15 is 0 Å². The summed E-state index contributed by atoms with van der Waals surface area (Å²) in [6.07, 6.45) is 3.10. The Morgan fingerprint density at radius 3 is 2.55 bits per heavy atom. The molecule has 0 aliphatic heterocycles. The number of allylic oxidation sites excluding steroid dienone is 2. The summed E-state index contributed by atoms with van der Waals surface area (Å²) in [6.45, 7) is 8.19. The SMILES string of the molecule is C=C(O)/C=C\C(=C)NCCN. The third-order valence-corrected chi connectivity index (χ3v) is 0.973. The molecule has 0 saturated heterocycles. The third kappa shape index (κ3) is 6.67. The van der Waals surface area contributed by atoms with Gasteiger partial charge in [-0.1, -0.05) is 13.2 Å². The summed E-state index contributed by atoms with van der Waals surface area (Å²) >= 11 is 0. The molecule has 3 heteroatoms. The lowest BCUT2D eigenvalue weighted by molar-refractivity contribution is 0.435. The summed E-state index contributed by atoms with van der Waals surface area (Å²) in [6, 6.07) is 0. The van der Waals surface area contributed by atoms with Crippen molar-refractivity contribution in [1.29, 1.82) is 0 Å². The molecule has 0 aliphatic carbocycles. The van der Waals surface area contributed by atoms with Crippen molar-refractivity contribution in [3.63, 3.8) is 0 Å². The van der Waals surface area contributed by atoms with E-state index in [0.29, 0.717) is 18.8 Å². The molecule has 0 bridgehead atoms. The Kier molecular flexibility index (Phi) is 4.94. The van der Waals surface area contributed by atoms with Crippen LogP contribution in [0.1, 0.15) is 0 Å². The van der Waals surface area contributed by atoms with E-state index in [1.807, 2.05) is 0 Å². The second-order valence-electron chi connectivity index (χ2n) is 2.07. The molecular formula is C8H14N2O. The average molecular weight is 154 g/mol. The van der Waals surface area contributed by atoms with Gasteiger partial charge < -0.3 is 16.2 Å². The van der Waals surface area contributed by atoms with Crippen molar-refractivity contribution in [2.45, 2.75) is 0 Å².